The molecule has 5 aromatic rings. The smallest absolute Gasteiger partial charge is 0.255 e. The zero-order chi connectivity index (χ0) is 24.4. The largest absolute Gasteiger partial charge is 0.497 e. The van der Waals surface area contributed by atoms with E-state index in [0.29, 0.717) is 17.0 Å². The van der Waals surface area contributed by atoms with Crippen molar-refractivity contribution in [1.82, 2.24) is 4.57 Å². The van der Waals surface area contributed by atoms with E-state index < -0.39 is 0 Å². The maximum absolute atomic E-state index is 13.6. The van der Waals surface area contributed by atoms with Gasteiger partial charge in [-0.2, -0.15) is 0 Å². The predicted octanol–water partition coefficient (Wildman–Crippen LogP) is 6.88. The summed E-state index contributed by atoms with van der Waals surface area (Å²) in [6.45, 7) is 1.92. The Kier molecular flexibility index (Phi) is 6.29. The standard InChI is InChI=1S/C29H24N2O3S/c1-19(29(33)31-26-12-5-3-10-24(26)25-11-4-6-13-27(25)31)35-23-9-7-8-21(18-23)30-28(32)20-14-16-22(34-2)17-15-20/h3-19H,1-2H3,(H,30,32). The molecule has 0 aliphatic carbocycles. The maximum atomic E-state index is 13.6. The summed E-state index contributed by atoms with van der Waals surface area (Å²) in [7, 11) is 1.59. The molecule has 1 aromatic heterocycles. The molecule has 0 saturated carbocycles. The van der Waals surface area contributed by atoms with Crippen LogP contribution in [0.5, 0.6) is 5.75 Å². The topological polar surface area (TPSA) is 60.3 Å². The van der Waals surface area contributed by atoms with Gasteiger partial charge in [-0.15, -0.1) is 11.8 Å². The number of carbonyl (C=O) groups is 2. The van der Waals surface area contributed by atoms with Crippen molar-refractivity contribution in [2.45, 2.75) is 17.1 Å². The quantitative estimate of drug-likeness (QED) is 0.269. The summed E-state index contributed by atoms with van der Waals surface area (Å²) in [4.78, 5) is 27.1. The molecule has 1 unspecified atom stereocenters. The lowest BCUT2D eigenvalue weighted by atomic mass is 10.2. The summed E-state index contributed by atoms with van der Waals surface area (Å²) in [6, 6.07) is 30.5. The van der Waals surface area contributed by atoms with Gasteiger partial charge in [0, 0.05) is 26.9 Å². The molecule has 1 amide bonds. The van der Waals surface area contributed by atoms with Crippen LogP contribution in [-0.4, -0.2) is 28.7 Å². The number of hydrogen-bond acceptors (Lipinski definition) is 4. The first-order valence-electron chi connectivity index (χ1n) is 11.3. The summed E-state index contributed by atoms with van der Waals surface area (Å²) >= 11 is 1.47. The van der Waals surface area contributed by atoms with E-state index in [1.165, 1.54) is 11.8 Å². The Balaban J connectivity index is 1.36. The molecule has 0 saturated heterocycles. The van der Waals surface area contributed by atoms with Crippen LogP contribution in [0.4, 0.5) is 5.69 Å². The zero-order valence-electron chi connectivity index (χ0n) is 19.4. The van der Waals surface area contributed by atoms with Gasteiger partial charge < -0.3 is 10.1 Å². The highest BCUT2D eigenvalue weighted by atomic mass is 32.2. The zero-order valence-corrected chi connectivity index (χ0v) is 20.2. The molecule has 0 bridgehead atoms. The van der Waals surface area contributed by atoms with Gasteiger partial charge >= 0.3 is 0 Å². The molecule has 1 heterocycles. The monoisotopic (exact) mass is 480 g/mol. The van der Waals surface area contributed by atoms with Crippen LogP contribution in [0.15, 0.2) is 102 Å². The minimum Gasteiger partial charge on any atom is -0.497 e. The molecular formula is C29H24N2O3S. The molecule has 1 N–H and O–H groups in total. The Hall–Kier alpha value is -4.03. The van der Waals surface area contributed by atoms with Gasteiger partial charge in [-0.3, -0.25) is 14.2 Å². The average Bonchev–Trinajstić information content (AvgIpc) is 3.23. The molecule has 0 fully saturated rings. The molecule has 5 nitrogen and oxygen atoms in total. The Labute approximate surface area is 207 Å². The van der Waals surface area contributed by atoms with Crippen LogP contribution in [0.2, 0.25) is 0 Å². The third-order valence-corrected chi connectivity index (χ3v) is 6.99. The number of aromatic nitrogens is 1. The minimum atomic E-state index is -0.332. The van der Waals surface area contributed by atoms with Gasteiger partial charge in [0.2, 0.25) is 5.91 Å². The van der Waals surface area contributed by atoms with Crippen molar-refractivity contribution in [3.8, 4) is 5.75 Å². The van der Waals surface area contributed by atoms with Gasteiger partial charge in [0.05, 0.1) is 23.4 Å². The number of fused-ring (bicyclic) bond motifs is 3. The van der Waals surface area contributed by atoms with E-state index in [9.17, 15) is 9.59 Å². The SMILES string of the molecule is COc1ccc(C(=O)Nc2cccc(SC(C)C(=O)n3c4ccccc4c4ccccc43)c2)cc1. The van der Waals surface area contributed by atoms with E-state index in [-0.39, 0.29) is 17.1 Å². The fourth-order valence-electron chi connectivity index (χ4n) is 4.19. The molecule has 35 heavy (non-hydrogen) atoms. The number of anilines is 1. The lowest BCUT2D eigenvalue weighted by Gasteiger charge is -2.14. The van der Waals surface area contributed by atoms with Crippen molar-refractivity contribution in [3.05, 3.63) is 103 Å². The van der Waals surface area contributed by atoms with Crippen LogP contribution >= 0.6 is 11.8 Å². The first-order chi connectivity index (χ1) is 17.0. The van der Waals surface area contributed by atoms with Gasteiger partial charge in [-0.25, -0.2) is 0 Å². The van der Waals surface area contributed by atoms with Crippen LogP contribution in [0.1, 0.15) is 22.1 Å². The molecule has 4 aromatic carbocycles. The summed E-state index contributed by atoms with van der Waals surface area (Å²) in [5, 5.41) is 4.73. The lowest BCUT2D eigenvalue weighted by Crippen LogP contribution is -2.21. The number of carbonyl (C=O) groups excluding carboxylic acids is 2. The van der Waals surface area contributed by atoms with Crippen LogP contribution in [0.3, 0.4) is 0 Å². The molecule has 174 valence electrons. The van der Waals surface area contributed by atoms with E-state index in [0.717, 1.165) is 26.7 Å². The van der Waals surface area contributed by atoms with E-state index >= 15 is 0 Å². The maximum Gasteiger partial charge on any atom is 0.255 e. The van der Waals surface area contributed by atoms with Crippen LogP contribution < -0.4 is 10.1 Å². The average molecular weight is 481 g/mol. The number of thioether (sulfide) groups is 1. The Morgan fingerprint density at radius 1 is 0.829 bits per heavy atom. The third-order valence-electron chi connectivity index (χ3n) is 5.91. The molecule has 0 spiro atoms. The fraction of sp³-hybridized carbons (Fsp3) is 0.103. The molecule has 6 heteroatoms. The number of amides is 1. The normalized spacial score (nSPS) is 11.9. The highest BCUT2D eigenvalue weighted by Crippen LogP contribution is 2.32. The number of para-hydroxylation sites is 2. The van der Waals surface area contributed by atoms with Crippen LogP contribution in [0.25, 0.3) is 21.8 Å². The number of hydrogen-bond donors (Lipinski definition) is 1. The van der Waals surface area contributed by atoms with E-state index in [4.69, 9.17) is 4.74 Å². The highest BCUT2D eigenvalue weighted by Gasteiger charge is 2.21. The van der Waals surface area contributed by atoms with E-state index in [1.54, 1.807) is 31.4 Å². The van der Waals surface area contributed by atoms with Crippen molar-refractivity contribution in [2.24, 2.45) is 0 Å². The second-order valence-electron chi connectivity index (χ2n) is 8.18. The Morgan fingerprint density at radius 3 is 2.09 bits per heavy atom. The second kappa shape index (κ2) is 9.68. The molecule has 0 radical (unpaired) electrons. The number of nitrogens with one attached hydrogen (secondary N) is 1. The number of methoxy groups -OCH3 is 1. The summed E-state index contributed by atoms with van der Waals surface area (Å²) < 4.78 is 6.97. The summed E-state index contributed by atoms with van der Waals surface area (Å²) in [5.74, 6) is 0.506. The Morgan fingerprint density at radius 2 is 1.46 bits per heavy atom. The fourth-order valence-corrected chi connectivity index (χ4v) is 5.16. The number of nitrogens with zero attached hydrogens (tertiary/aromatic N) is 1. The first kappa shape index (κ1) is 22.7. The van der Waals surface area contributed by atoms with Gasteiger partial charge in [-0.05, 0) is 61.5 Å². The first-order valence-corrected chi connectivity index (χ1v) is 12.2. The van der Waals surface area contributed by atoms with E-state index in [1.807, 2.05) is 84.3 Å². The van der Waals surface area contributed by atoms with Gasteiger partial charge in [0.1, 0.15) is 5.75 Å². The van der Waals surface area contributed by atoms with E-state index in [2.05, 4.69) is 5.32 Å². The molecular weight excluding hydrogens is 456 g/mol. The van der Waals surface area contributed by atoms with Crippen LogP contribution in [-0.2, 0) is 0 Å². The summed E-state index contributed by atoms with van der Waals surface area (Å²) in [6.07, 6.45) is 0. The molecule has 0 aliphatic rings. The number of ether oxygens (including phenoxy) is 1. The number of rotatable bonds is 6. The Bertz CT molecular complexity index is 1490. The highest BCUT2D eigenvalue weighted by molar-refractivity contribution is 8.00. The summed E-state index contributed by atoms with van der Waals surface area (Å²) in [5.41, 5.74) is 3.03. The molecule has 5 rings (SSSR count). The molecule has 0 aliphatic heterocycles. The van der Waals surface area contributed by atoms with Gasteiger partial charge in [0.15, 0.2) is 0 Å². The van der Waals surface area contributed by atoms with Crippen molar-refractivity contribution < 1.29 is 14.3 Å². The predicted molar refractivity (Wildman–Crippen MR) is 143 cm³/mol. The third kappa shape index (κ3) is 4.53. The van der Waals surface area contributed by atoms with Crippen LogP contribution in [0, 0.1) is 0 Å². The lowest BCUT2D eigenvalue weighted by molar-refractivity contribution is 0.0924. The number of benzene rings is 4. The van der Waals surface area contributed by atoms with Crippen molar-refractivity contribution in [1.29, 1.82) is 0 Å². The van der Waals surface area contributed by atoms with Crippen molar-refractivity contribution in [3.63, 3.8) is 0 Å². The molecule has 1 atom stereocenters. The van der Waals surface area contributed by atoms with Crippen molar-refractivity contribution in [2.75, 3.05) is 12.4 Å². The van der Waals surface area contributed by atoms with Gasteiger partial charge in [0.25, 0.3) is 5.91 Å². The van der Waals surface area contributed by atoms with Gasteiger partial charge in [-0.1, -0.05) is 42.5 Å². The second-order valence-corrected chi connectivity index (χ2v) is 9.59. The minimum absolute atomic E-state index is 0.0140. The van der Waals surface area contributed by atoms with Crippen molar-refractivity contribution >= 4 is 51.1 Å².